The van der Waals surface area contributed by atoms with Gasteiger partial charge in [0.1, 0.15) is 12.4 Å². The van der Waals surface area contributed by atoms with Crippen molar-refractivity contribution in [1.29, 1.82) is 0 Å². The van der Waals surface area contributed by atoms with E-state index in [4.69, 9.17) is 4.74 Å². The molecule has 0 aliphatic carbocycles. The van der Waals surface area contributed by atoms with Crippen LogP contribution in [0.3, 0.4) is 0 Å². The molecule has 8 heteroatoms. The van der Waals surface area contributed by atoms with E-state index in [9.17, 15) is 0 Å². The standard InChI is InChI=1S/C21H31N7O/c1-15-7-5-8-18-20(15)17(13-24-18)9-11-23-21(22-10-6-12-29-4)25-14-19-27-26-16(2)28(19)3/h5,7-8,13,24H,6,9-12,14H2,1-4H3,(H2,22,23,25). The van der Waals surface area contributed by atoms with Crippen LogP contribution in [0.25, 0.3) is 10.9 Å². The molecule has 0 atom stereocenters. The van der Waals surface area contributed by atoms with Gasteiger partial charge < -0.3 is 24.9 Å². The zero-order chi connectivity index (χ0) is 20.6. The molecule has 0 aliphatic rings. The molecular formula is C21H31N7O. The van der Waals surface area contributed by atoms with Crippen LogP contribution in [0.5, 0.6) is 0 Å². The lowest BCUT2D eigenvalue weighted by molar-refractivity contribution is 0.195. The maximum Gasteiger partial charge on any atom is 0.191 e. The molecule has 0 fully saturated rings. The monoisotopic (exact) mass is 397 g/mol. The molecule has 0 amide bonds. The van der Waals surface area contributed by atoms with Gasteiger partial charge in [-0.2, -0.15) is 0 Å². The fourth-order valence-corrected chi connectivity index (χ4v) is 3.30. The fourth-order valence-electron chi connectivity index (χ4n) is 3.30. The number of nitrogens with zero attached hydrogens (tertiary/aromatic N) is 4. The van der Waals surface area contributed by atoms with Gasteiger partial charge in [0.25, 0.3) is 0 Å². The lowest BCUT2D eigenvalue weighted by Crippen LogP contribution is -2.39. The Morgan fingerprint density at radius 3 is 2.79 bits per heavy atom. The van der Waals surface area contributed by atoms with E-state index in [1.165, 1.54) is 22.0 Å². The van der Waals surface area contributed by atoms with Gasteiger partial charge in [0.15, 0.2) is 11.8 Å². The summed E-state index contributed by atoms with van der Waals surface area (Å²) in [6, 6.07) is 6.35. The van der Waals surface area contributed by atoms with Gasteiger partial charge in [0, 0.05) is 51.0 Å². The van der Waals surface area contributed by atoms with E-state index >= 15 is 0 Å². The summed E-state index contributed by atoms with van der Waals surface area (Å²) in [5, 5.41) is 16.4. The molecule has 2 heterocycles. The summed E-state index contributed by atoms with van der Waals surface area (Å²) in [5.41, 5.74) is 3.79. The summed E-state index contributed by atoms with van der Waals surface area (Å²) in [7, 11) is 3.67. The third-order valence-corrected chi connectivity index (χ3v) is 5.06. The smallest absolute Gasteiger partial charge is 0.191 e. The third-order valence-electron chi connectivity index (χ3n) is 5.06. The summed E-state index contributed by atoms with van der Waals surface area (Å²) < 4.78 is 7.09. The van der Waals surface area contributed by atoms with Gasteiger partial charge in [-0.25, -0.2) is 4.99 Å². The van der Waals surface area contributed by atoms with Crippen LogP contribution in [0.1, 0.15) is 29.2 Å². The van der Waals surface area contributed by atoms with Gasteiger partial charge >= 0.3 is 0 Å². The van der Waals surface area contributed by atoms with E-state index in [0.29, 0.717) is 6.54 Å². The van der Waals surface area contributed by atoms with E-state index in [-0.39, 0.29) is 0 Å². The van der Waals surface area contributed by atoms with Gasteiger partial charge in [-0.1, -0.05) is 12.1 Å². The Morgan fingerprint density at radius 1 is 1.21 bits per heavy atom. The first-order chi connectivity index (χ1) is 14.1. The van der Waals surface area contributed by atoms with Crippen LogP contribution < -0.4 is 10.6 Å². The van der Waals surface area contributed by atoms with Crippen LogP contribution in [0.4, 0.5) is 0 Å². The molecule has 0 aliphatic heterocycles. The van der Waals surface area contributed by atoms with Gasteiger partial charge in [-0.15, -0.1) is 10.2 Å². The summed E-state index contributed by atoms with van der Waals surface area (Å²) in [4.78, 5) is 8.05. The number of aryl methyl sites for hydroxylation is 2. The van der Waals surface area contributed by atoms with Gasteiger partial charge in [-0.05, 0) is 43.9 Å². The van der Waals surface area contributed by atoms with Crippen LogP contribution in [-0.4, -0.2) is 52.5 Å². The molecule has 0 radical (unpaired) electrons. The van der Waals surface area contributed by atoms with Gasteiger partial charge in [-0.3, -0.25) is 0 Å². The van der Waals surface area contributed by atoms with Crippen molar-refractivity contribution in [2.75, 3.05) is 26.8 Å². The van der Waals surface area contributed by atoms with E-state index < -0.39 is 0 Å². The molecule has 0 saturated carbocycles. The fraction of sp³-hybridized carbons (Fsp3) is 0.476. The van der Waals surface area contributed by atoms with Crippen molar-refractivity contribution < 1.29 is 4.74 Å². The number of hydrogen-bond acceptors (Lipinski definition) is 4. The van der Waals surface area contributed by atoms with Crippen molar-refractivity contribution >= 4 is 16.9 Å². The number of aliphatic imine (C=N–C) groups is 1. The van der Waals surface area contributed by atoms with Crippen LogP contribution in [0.2, 0.25) is 0 Å². The molecule has 8 nitrogen and oxygen atoms in total. The van der Waals surface area contributed by atoms with Crippen LogP contribution in [0, 0.1) is 13.8 Å². The number of hydrogen-bond donors (Lipinski definition) is 3. The molecule has 1 aromatic carbocycles. The highest BCUT2D eigenvalue weighted by Crippen LogP contribution is 2.22. The van der Waals surface area contributed by atoms with Crippen LogP contribution >= 0.6 is 0 Å². The quantitative estimate of drug-likeness (QED) is 0.293. The number of fused-ring (bicyclic) bond motifs is 1. The van der Waals surface area contributed by atoms with Crippen molar-refractivity contribution in [3.63, 3.8) is 0 Å². The van der Waals surface area contributed by atoms with Crippen LogP contribution in [0.15, 0.2) is 29.4 Å². The average molecular weight is 398 g/mol. The maximum atomic E-state index is 5.13. The number of H-pyrrole nitrogens is 1. The Labute approximate surface area is 171 Å². The molecule has 156 valence electrons. The van der Waals surface area contributed by atoms with Crippen molar-refractivity contribution in [3.05, 3.63) is 47.2 Å². The first kappa shape index (κ1) is 20.9. The van der Waals surface area contributed by atoms with E-state index in [2.05, 4.69) is 62.1 Å². The summed E-state index contributed by atoms with van der Waals surface area (Å²) in [6.45, 7) is 6.87. The molecule has 0 bridgehead atoms. The zero-order valence-corrected chi connectivity index (χ0v) is 17.7. The number of rotatable bonds is 9. The number of benzene rings is 1. The first-order valence-corrected chi connectivity index (χ1v) is 10.0. The minimum atomic E-state index is 0.475. The number of guanidine groups is 1. The van der Waals surface area contributed by atoms with Crippen molar-refractivity contribution in [2.24, 2.45) is 12.0 Å². The zero-order valence-electron chi connectivity index (χ0n) is 17.7. The molecule has 0 saturated heterocycles. The molecule has 3 rings (SSSR count). The maximum absolute atomic E-state index is 5.13. The molecule has 3 N–H and O–H groups in total. The second-order valence-electron chi connectivity index (χ2n) is 7.15. The average Bonchev–Trinajstić information content (AvgIpc) is 3.27. The van der Waals surface area contributed by atoms with Gasteiger partial charge in [0.05, 0.1) is 0 Å². The number of ether oxygens (including phenoxy) is 1. The highest BCUT2D eigenvalue weighted by Gasteiger charge is 2.08. The Hall–Kier alpha value is -2.87. The topological polar surface area (TPSA) is 92.2 Å². The minimum absolute atomic E-state index is 0.475. The Morgan fingerprint density at radius 2 is 2.03 bits per heavy atom. The Balaban J connectivity index is 1.62. The van der Waals surface area contributed by atoms with Gasteiger partial charge in [0.2, 0.25) is 0 Å². The highest BCUT2D eigenvalue weighted by molar-refractivity contribution is 5.86. The van der Waals surface area contributed by atoms with Crippen LogP contribution in [-0.2, 0) is 24.8 Å². The largest absolute Gasteiger partial charge is 0.385 e. The summed E-state index contributed by atoms with van der Waals surface area (Å²) in [5.74, 6) is 2.50. The summed E-state index contributed by atoms with van der Waals surface area (Å²) >= 11 is 0. The number of nitrogens with one attached hydrogen (secondary N) is 3. The second-order valence-corrected chi connectivity index (χ2v) is 7.15. The second kappa shape index (κ2) is 10.1. The molecule has 0 spiro atoms. The molecule has 0 unspecified atom stereocenters. The highest BCUT2D eigenvalue weighted by atomic mass is 16.5. The molecule has 29 heavy (non-hydrogen) atoms. The van der Waals surface area contributed by atoms with E-state index in [1.807, 2.05) is 18.5 Å². The van der Waals surface area contributed by atoms with Crippen molar-refractivity contribution in [1.82, 2.24) is 30.4 Å². The molecule has 3 aromatic rings. The lowest BCUT2D eigenvalue weighted by Gasteiger charge is -2.12. The predicted octanol–water partition coefficient (Wildman–Crippen LogP) is 2.23. The third kappa shape index (κ3) is 5.35. The first-order valence-electron chi connectivity index (χ1n) is 10.0. The number of aromatic nitrogens is 4. The normalized spacial score (nSPS) is 11.9. The van der Waals surface area contributed by atoms with Crippen molar-refractivity contribution in [2.45, 2.75) is 33.2 Å². The minimum Gasteiger partial charge on any atom is -0.385 e. The Kier molecular flexibility index (Phi) is 7.24. The van der Waals surface area contributed by atoms with E-state index in [1.54, 1.807) is 7.11 Å². The Bertz CT molecular complexity index is 957. The molecular weight excluding hydrogens is 366 g/mol. The number of aromatic amines is 1. The SMILES string of the molecule is COCCCNC(=NCc1nnc(C)n1C)NCCc1c[nH]c2cccc(C)c12. The summed E-state index contributed by atoms with van der Waals surface area (Å²) in [6.07, 6.45) is 3.93. The lowest BCUT2D eigenvalue weighted by atomic mass is 10.1. The predicted molar refractivity (Wildman–Crippen MR) is 116 cm³/mol. The van der Waals surface area contributed by atoms with E-state index in [0.717, 1.165) is 50.1 Å². The molecule has 2 aromatic heterocycles. The number of methoxy groups -OCH3 is 1. The van der Waals surface area contributed by atoms with Crippen molar-refractivity contribution in [3.8, 4) is 0 Å².